The van der Waals surface area contributed by atoms with E-state index in [1.165, 1.54) is 4.68 Å². The first-order chi connectivity index (χ1) is 14.5. The molecule has 7 nitrogen and oxygen atoms in total. The van der Waals surface area contributed by atoms with Gasteiger partial charge in [-0.1, -0.05) is 29.8 Å². The highest BCUT2D eigenvalue weighted by atomic mass is 35.5. The topological polar surface area (TPSA) is 78.2 Å². The fourth-order valence-corrected chi connectivity index (χ4v) is 4.21. The van der Waals surface area contributed by atoms with Crippen molar-refractivity contribution in [3.8, 4) is 0 Å². The van der Waals surface area contributed by atoms with E-state index in [9.17, 15) is 9.59 Å². The minimum absolute atomic E-state index is 0.0600. The summed E-state index contributed by atoms with van der Waals surface area (Å²) < 4.78 is 8.80. The molecule has 0 spiro atoms. The lowest BCUT2D eigenvalue weighted by Gasteiger charge is -2.11. The number of aromatic nitrogens is 3. The summed E-state index contributed by atoms with van der Waals surface area (Å²) >= 11 is 6.32. The van der Waals surface area contributed by atoms with E-state index in [4.69, 9.17) is 16.3 Å². The van der Waals surface area contributed by atoms with E-state index in [1.807, 2.05) is 38.1 Å². The van der Waals surface area contributed by atoms with E-state index in [0.717, 1.165) is 41.8 Å². The van der Waals surface area contributed by atoms with Gasteiger partial charge >= 0.3 is 0 Å². The number of halogens is 1. The average Bonchev–Trinajstić information content (AvgIpc) is 3.33. The van der Waals surface area contributed by atoms with Crippen LogP contribution in [0.15, 0.2) is 35.3 Å². The van der Waals surface area contributed by atoms with Gasteiger partial charge in [-0.25, -0.2) is 4.68 Å². The molecule has 1 atom stereocenters. The number of hydrogen-bond acceptors (Lipinski definition) is 4. The standard InChI is InChI=1S/C22H25ClN4O3/c1-14-18-11-25-27(13-20(28)24-10-17-7-5-9-30-17)22(29)21(18)15(2)26(14)12-16-6-3-4-8-19(16)23/h3-4,6,8,11,17H,5,7,9-10,12-13H2,1-2H3,(H,24,28). The molecule has 30 heavy (non-hydrogen) atoms. The van der Waals surface area contributed by atoms with Gasteiger partial charge in [0.25, 0.3) is 5.56 Å². The first-order valence-electron chi connectivity index (χ1n) is 10.1. The molecule has 4 rings (SSSR count). The van der Waals surface area contributed by atoms with Gasteiger partial charge in [-0.2, -0.15) is 5.10 Å². The zero-order valence-electron chi connectivity index (χ0n) is 17.2. The van der Waals surface area contributed by atoms with Gasteiger partial charge in [0.05, 0.1) is 17.7 Å². The van der Waals surface area contributed by atoms with Crippen LogP contribution >= 0.6 is 11.6 Å². The van der Waals surface area contributed by atoms with E-state index >= 15 is 0 Å². The maximum absolute atomic E-state index is 13.1. The van der Waals surface area contributed by atoms with Crippen LogP contribution in [0.1, 0.15) is 29.8 Å². The number of rotatable bonds is 6. The van der Waals surface area contributed by atoms with E-state index < -0.39 is 0 Å². The number of amides is 1. The van der Waals surface area contributed by atoms with Crippen LogP contribution < -0.4 is 10.9 Å². The van der Waals surface area contributed by atoms with Crippen molar-refractivity contribution in [2.24, 2.45) is 0 Å². The van der Waals surface area contributed by atoms with Gasteiger partial charge in [0.2, 0.25) is 5.91 Å². The summed E-state index contributed by atoms with van der Waals surface area (Å²) in [6.45, 7) is 5.52. The number of carbonyl (C=O) groups is 1. The lowest BCUT2D eigenvalue weighted by atomic mass is 10.2. The Morgan fingerprint density at radius 1 is 1.30 bits per heavy atom. The zero-order valence-corrected chi connectivity index (χ0v) is 17.9. The number of aryl methyl sites for hydroxylation is 2. The largest absolute Gasteiger partial charge is 0.376 e. The Kier molecular flexibility index (Phi) is 5.92. The molecule has 1 amide bonds. The molecule has 1 saturated heterocycles. The number of hydrogen-bond donors (Lipinski definition) is 1. The van der Waals surface area contributed by atoms with E-state index in [2.05, 4.69) is 15.0 Å². The minimum atomic E-state index is -0.265. The number of nitrogens with zero attached hydrogens (tertiary/aromatic N) is 3. The summed E-state index contributed by atoms with van der Waals surface area (Å²) in [4.78, 5) is 25.4. The number of ether oxygens (including phenoxy) is 1. The monoisotopic (exact) mass is 428 g/mol. The molecule has 158 valence electrons. The Balaban J connectivity index is 1.59. The SMILES string of the molecule is Cc1c2cnn(CC(=O)NCC3CCCO3)c(=O)c2c(C)n1Cc1ccccc1Cl. The molecule has 3 heterocycles. The zero-order chi connectivity index (χ0) is 21.3. The van der Waals surface area contributed by atoms with Crippen molar-refractivity contribution >= 4 is 28.3 Å². The van der Waals surface area contributed by atoms with Crippen LogP contribution in [0.4, 0.5) is 0 Å². The molecular weight excluding hydrogens is 404 g/mol. The molecule has 1 aliphatic rings. The van der Waals surface area contributed by atoms with Gasteiger partial charge in [0, 0.05) is 41.5 Å². The highest BCUT2D eigenvalue weighted by Gasteiger charge is 2.19. The minimum Gasteiger partial charge on any atom is -0.376 e. The third-order valence-corrected chi connectivity index (χ3v) is 6.10. The molecule has 0 aliphatic carbocycles. The van der Waals surface area contributed by atoms with Crippen molar-refractivity contribution in [2.75, 3.05) is 13.2 Å². The van der Waals surface area contributed by atoms with Gasteiger partial charge in [0.1, 0.15) is 6.54 Å². The summed E-state index contributed by atoms with van der Waals surface area (Å²) in [5.74, 6) is -0.246. The van der Waals surface area contributed by atoms with Crippen LogP contribution in [-0.4, -0.2) is 39.5 Å². The van der Waals surface area contributed by atoms with Crippen molar-refractivity contribution < 1.29 is 9.53 Å². The lowest BCUT2D eigenvalue weighted by Crippen LogP contribution is -2.37. The van der Waals surface area contributed by atoms with Gasteiger partial charge < -0.3 is 14.6 Å². The Hall–Kier alpha value is -2.64. The summed E-state index contributed by atoms with van der Waals surface area (Å²) in [6, 6.07) is 7.67. The second-order valence-electron chi connectivity index (χ2n) is 7.68. The molecule has 0 bridgehead atoms. The molecule has 1 aromatic carbocycles. The van der Waals surface area contributed by atoms with Gasteiger partial charge in [-0.3, -0.25) is 9.59 Å². The smallest absolute Gasteiger partial charge is 0.276 e. The first-order valence-corrected chi connectivity index (χ1v) is 10.5. The molecule has 3 aromatic rings. The number of benzene rings is 1. The Labute approximate surface area is 179 Å². The van der Waals surface area contributed by atoms with Crippen LogP contribution in [0.5, 0.6) is 0 Å². The molecule has 1 unspecified atom stereocenters. The Bertz CT molecular complexity index is 1150. The van der Waals surface area contributed by atoms with E-state index in [1.54, 1.807) is 6.20 Å². The summed E-state index contributed by atoms with van der Waals surface area (Å²) in [5, 5.41) is 9.14. The number of nitrogens with one attached hydrogen (secondary N) is 1. The van der Waals surface area contributed by atoms with Crippen LogP contribution in [-0.2, 0) is 22.6 Å². The highest BCUT2D eigenvalue weighted by molar-refractivity contribution is 6.31. The van der Waals surface area contributed by atoms with Crippen molar-refractivity contribution in [3.63, 3.8) is 0 Å². The second kappa shape index (κ2) is 8.62. The van der Waals surface area contributed by atoms with E-state index in [0.29, 0.717) is 23.5 Å². The van der Waals surface area contributed by atoms with Crippen molar-refractivity contribution in [2.45, 2.75) is 45.9 Å². The summed E-state index contributed by atoms with van der Waals surface area (Å²) in [5.41, 5.74) is 2.50. The van der Waals surface area contributed by atoms with Gasteiger partial charge in [-0.15, -0.1) is 0 Å². The summed E-state index contributed by atoms with van der Waals surface area (Å²) in [6.07, 6.45) is 3.68. The Morgan fingerprint density at radius 2 is 2.10 bits per heavy atom. The van der Waals surface area contributed by atoms with Crippen molar-refractivity contribution in [1.29, 1.82) is 0 Å². The van der Waals surface area contributed by atoms with Gasteiger partial charge in [-0.05, 0) is 38.3 Å². The molecule has 0 saturated carbocycles. The maximum Gasteiger partial charge on any atom is 0.276 e. The molecule has 0 radical (unpaired) electrons. The molecule has 1 N–H and O–H groups in total. The molecule has 1 aliphatic heterocycles. The van der Waals surface area contributed by atoms with Gasteiger partial charge in [0.15, 0.2) is 0 Å². The van der Waals surface area contributed by atoms with Crippen molar-refractivity contribution in [3.05, 3.63) is 62.8 Å². The third kappa shape index (κ3) is 4.00. The third-order valence-electron chi connectivity index (χ3n) is 5.74. The lowest BCUT2D eigenvalue weighted by molar-refractivity contribution is -0.122. The first kappa shape index (κ1) is 20.6. The van der Waals surface area contributed by atoms with Crippen LogP contribution in [0.3, 0.4) is 0 Å². The fraction of sp³-hybridized carbons (Fsp3) is 0.409. The Morgan fingerprint density at radius 3 is 2.83 bits per heavy atom. The fourth-order valence-electron chi connectivity index (χ4n) is 4.02. The maximum atomic E-state index is 13.1. The normalized spacial score (nSPS) is 16.3. The second-order valence-corrected chi connectivity index (χ2v) is 8.09. The van der Waals surface area contributed by atoms with E-state index in [-0.39, 0.29) is 24.1 Å². The van der Waals surface area contributed by atoms with Crippen LogP contribution in [0, 0.1) is 13.8 Å². The number of fused-ring (bicyclic) bond motifs is 1. The molecule has 1 fully saturated rings. The quantitative estimate of drug-likeness (QED) is 0.654. The molecule has 8 heteroatoms. The average molecular weight is 429 g/mol. The summed E-state index contributed by atoms with van der Waals surface area (Å²) in [7, 11) is 0. The predicted octanol–water partition coefficient (Wildman–Crippen LogP) is 2.81. The van der Waals surface area contributed by atoms with Crippen LogP contribution in [0.2, 0.25) is 5.02 Å². The highest BCUT2D eigenvalue weighted by Crippen LogP contribution is 2.25. The van der Waals surface area contributed by atoms with Crippen molar-refractivity contribution in [1.82, 2.24) is 19.7 Å². The van der Waals surface area contributed by atoms with Crippen LogP contribution in [0.25, 0.3) is 10.8 Å². The molecule has 2 aromatic heterocycles. The molecular formula is C22H25ClN4O3. The number of carbonyl (C=O) groups excluding carboxylic acids is 1. The predicted molar refractivity (Wildman–Crippen MR) is 116 cm³/mol.